The summed E-state index contributed by atoms with van der Waals surface area (Å²) in [6, 6.07) is 9.48. The van der Waals surface area contributed by atoms with Crippen molar-refractivity contribution < 1.29 is 9.90 Å². The number of hydrogen-bond donors (Lipinski definition) is 1. The first-order valence-electron chi connectivity index (χ1n) is 7.03. The Balaban J connectivity index is 2.33. The number of carbonyl (C=O) groups excluding carboxylic acids is 1. The Labute approximate surface area is 116 Å². The molecule has 1 unspecified atom stereocenters. The lowest BCUT2D eigenvalue weighted by Gasteiger charge is -2.20. The zero-order chi connectivity index (χ0) is 14.1. The molecule has 0 heterocycles. The molecular formula is C16H25NO2. The minimum absolute atomic E-state index is 0.0187. The van der Waals surface area contributed by atoms with Crippen LogP contribution in [0.1, 0.15) is 36.5 Å². The molecular weight excluding hydrogens is 238 g/mol. The summed E-state index contributed by atoms with van der Waals surface area (Å²) in [7, 11) is 2.05. The maximum atomic E-state index is 12.2. The number of aliphatic hydroxyl groups excluding tert-OH is 1. The third-order valence-corrected chi connectivity index (χ3v) is 3.29. The van der Waals surface area contributed by atoms with Crippen LogP contribution in [0.2, 0.25) is 0 Å². The topological polar surface area (TPSA) is 40.5 Å². The molecule has 1 atom stereocenters. The Morgan fingerprint density at radius 2 is 1.89 bits per heavy atom. The number of carbonyl (C=O) groups is 1. The molecule has 0 radical (unpaired) electrons. The summed E-state index contributed by atoms with van der Waals surface area (Å²) in [4.78, 5) is 14.4. The monoisotopic (exact) mass is 263 g/mol. The SMILES string of the molecule is CC(CN(C)CCCCCO)C(=O)c1ccccc1. The molecule has 1 rings (SSSR count). The molecule has 1 N–H and O–H groups in total. The van der Waals surface area contributed by atoms with Gasteiger partial charge in [0.05, 0.1) is 0 Å². The van der Waals surface area contributed by atoms with Gasteiger partial charge in [-0.15, -0.1) is 0 Å². The Morgan fingerprint density at radius 1 is 1.21 bits per heavy atom. The molecule has 3 nitrogen and oxygen atoms in total. The predicted molar refractivity (Wildman–Crippen MR) is 78.4 cm³/mol. The smallest absolute Gasteiger partial charge is 0.166 e. The zero-order valence-electron chi connectivity index (χ0n) is 12.0. The largest absolute Gasteiger partial charge is 0.396 e. The van der Waals surface area contributed by atoms with E-state index in [1.807, 2.05) is 44.3 Å². The van der Waals surface area contributed by atoms with Crippen molar-refractivity contribution in [1.29, 1.82) is 0 Å². The highest BCUT2D eigenvalue weighted by Crippen LogP contribution is 2.10. The number of Topliss-reactive ketones (excluding diaryl/α,β-unsaturated/α-hetero) is 1. The van der Waals surface area contributed by atoms with Crippen molar-refractivity contribution in [3.05, 3.63) is 35.9 Å². The summed E-state index contributed by atoms with van der Waals surface area (Å²) >= 11 is 0. The van der Waals surface area contributed by atoms with E-state index in [1.54, 1.807) is 0 Å². The first-order valence-corrected chi connectivity index (χ1v) is 7.03. The van der Waals surface area contributed by atoms with Gasteiger partial charge >= 0.3 is 0 Å². The van der Waals surface area contributed by atoms with Gasteiger partial charge in [0.2, 0.25) is 0 Å². The fourth-order valence-corrected chi connectivity index (χ4v) is 2.20. The molecule has 0 fully saturated rings. The van der Waals surface area contributed by atoms with Crippen LogP contribution in [0.15, 0.2) is 30.3 Å². The second-order valence-corrected chi connectivity index (χ2v) is 5.18. The molecule has 3 heteroatoms. The third-order valence-electron chi connectivity index (χ3n) is 3.29. The van der Waals surface area contributed by atoms with Gasteiger partial charge in [0.25, 0.3) is 0 Å². The second kappa shape index (κ2) is 8.83. The van der Waals surface area contributed by atoms with Crippen molar-refractivity contribution in [3.8, 4) is 0 Å². The van der Waals surface area contributed by atoms with E-state index in [0.717, 1.165) is 37.9 Å². The third kappa shape index (κ3) is 5.99. The highest BCUT2D eigenvalue weighted by molar-refractivity contribution is 5.97. The van der Waals surface area contributed by atoms with Gasteiger partial charge in [-0.1, -0.05) is 37.3 Å². The van der Waals surface area contributed by atoms with Crippen molar-refractivity contribution in [3.63, 3.8) is 0 Å². The molecule has 19 heavy (non-hydrogen) atoms. The molecule has 0 aliphatic heterocycles. The lowest BCUT2D eigenvalue weighted by Crippen LogP contribution is -2.29. The first kappa shape index (κ1) is 15.9. The lowest BCUT2D eigenvalue weighted by molar-refractivity contribution is 0.0902. The quantitative estimate of drug-likeness (QED) is 0.550. The van der Waals surface area contributed by atoms with E-state index in [9.17, 15) is 4.79 Å². The average molecular weight is 263 g/mol. The number of nitrogens with zero attached hydrogens (tertiary/aromatic N) is 1. The summed E-state index contributed by atoms with van der Waals surface area (Å²) < 4.78 is 0. The van der Waals surface area contributed by atoms with E-state index in [1.165, 1.54) is 0 Å². The Morgan fingerprint density at radius 3 is 2.53 bits per heavy atom. The standard InChI is InChI=1S/C16H25NO2/c1-14(13-17(2)11-7-4-8-12-18)16(19)15-9-5-3-6-10-15/h3,5-6,9-10,14,18H,4,7-8,11-13H2,1-2H3. The summed E-state index contributed by atoms with van der Waals surface area (Å²) in [5, 5.41) is 8.72. The van der Waals surface area contributed by atoms with Gasteiger partial charge in [-0.3, -0.25) is 4.79 Å². The number of ketones is 1. The second-order valence-electron chi connectivity index (χ2n) is 5.18. The summed E-state index contributed by atoms with van der Waals surface area (Å²) in [6.07, 6.45) is 2.98. The Hall–Kier alpha value is -1.19. The van der Waals surface area contributed by atoms with E-state index in [-0.39, 0.29) is 18.3 Å². The summed E-state index contributed by atoms with van der Waals surface area (Å²) in [5.74, 6) is 0.230. The Kier molecular flexibility index (Phi) is 7.38. The van der Waals surface area contributed by atoms with E-state index < -0.39 is 0 Å². The fraction of sp³-hybridized carbons (Fsp3) is 0.562. The van der Waals surface area contributed by atoms with Gasteiger partial charge in [-0.25, -0.2) is 0 Å². The van der Waals surface area contributed by atoms with E-state index in [0.29, 0.717) is 0 Å². The van der Waals surface area contributed by atoms with Crippen LogP contribution in [0, 0.1) is 5.92 Å². The summed E-state index contributed by atoms with van der Waals surface area (Å²) in [6.45, 7) is 4.02. The lowest BCUT2D eigenvalue weighted by atomic mass is 9.99. The molecule has 1 aromatic rings. The van der Waals surface area contributed by atoms with Gasteiger partial charge in [0.15, 0.2) is 5.78 Å². The molecule has 0 amide bonds. The molecule has 0 aromatic heterocycles. The number of unbranched alkanes of at least 4 members (excludes halogenated alkanes) is 2. The van der Waals surface area contributed by atoms with Crippen molar-refractivity contribution >= 4 is 5.78 Å². The van der Waals surface area contributed by atoms with Crippen LogP contribution in [0.5, 0.6) is 0 Å². The zero-order valence-corrected chi connectivity index (χ0v) is 12.0. The maximum absolute atomic E-state index is 12.2. The molecule has 0 spiro atoms. The highest BCUT2D eigenvalue weighted by Gasteiger charge is 2.16. The molecule has 0 aliphatic carbocycles. The summed E-state index contributed by atoms with van der Waals surface area (Å²) in [5.41, 5.74) is 0.795. The average Bonchev–Trinajstić information content (AvgIpc) is 2.43. The van der Waals surface area contributed by atoms with Crippen LogP contribution in [-0.2, 0) is 0 Å². The normalized spacial score (nSPS) is 12.6. The van der Waals surface area contributed by atoms with Crippen LogP contribution in [0.4, 0.5) is 0 Å². The number of rotatable bonds is 9. The van der Waals surface area contributed by atoms with Crippen LogP contribution >= 0.6 is 0 Å². The van der Waals surface area contributed by atoms with E-state index in [4.69, 9.17) is 5.11 Å². The molecule has 0 bridgehead atoms. The predicted octanol–water partition coefficient (Wildman–Crippen LogP) is 2.60. The number of aliphatic hydroxyl groups is 1. The maximum Gasteiger partial charge on any atom is 0.166 e. The molecule has 0 saturated carbocycles. The fourth-order valence-electron chi connectivity index (χ4n) is 2.20. The van der Waals surface area contributed by atoms with E-state index in [2.05, 4.69) is 4.90 Å². The number of benzene rings is 1. The minimum Gasteiger partial charge on any atom is -0.396 e. The Bertz CT molecular complexity index is 364. The van der Waals surface area contributed by atoms with Crippen LogP contribution < -0.4 is 0 Å². The van der Waals surface area contributed by atoms with Gasteiger partial charge in [0, 0.05) is 24.6 Å². The molecule has 106 valence electrons. The first-order chi connectivity index (χ1) is 9.15. The van der Waals surface area contributed by atoms with Crippen molar-refractivity contribution in [2.45, 2.75) is 26.2 Å². The van der Waals surface area contributed by atoms with E-state index >= 15 is 0 Å². The van der Waals surface area contributed by atoms with Crippen molar-refractivity contribution in [1.82, 2.24) is 4.90 Å². The van der Waals surface area contributed by atoms with Crippen molar-refractivity contribution in [2.75, 3.05) is 26.7 Å². The van der Waals surface area contributed by atoms with Gasteiger partial charge in [-0.2, -0.15) is 0 Å². The molecule has 0 saturated heterocycles. The van der Waals surface area contributed by atoms with Crippen LogP contribution in [-0.4, -0.2) is 42.5 Å². The number of hydrogen-bond acceptors (Lipinski definition) is 3. The highest BCUT2D eigenvalue weighted by atomic mass is 16.2. The molecule has 1 aromatic carbocycles. The minimum atomic E-state index is 0.0187. The van der Waals surface area contributed by atoms with Crippen molar-refractivity contribution in [2.24, 2.45) is 5.92 Å². The molecule has 0 aliphatic rings. The van der Waals surface area contributed by atoms with Crippen LogP contribution in [0.25, 0.3) is 0 Å². The van der Waals surface area contributed by atoms with Gasteiger partial charge < -0.3 is 10.0 Å². The van der Waals surface area contributed by atoms with Gasteiger partial charge in [0.1, 0.15) is 0 Å². The van der Waals surface area contributed by atoms with Gasteiger partial charge in [-0.05, 0) is 32.9 Å². The van der Waals surface area contributed by atoms with Crippen LogP contribution in [0.3, 0.4) is 0 Å².